The van der Waals surface area contributed by atoms with Crippen molar-refractivity contribution in [3.05, 3.63) is 70.0 Å². The minimum absolute atomic E-state index is 0.0664. The number of rotatable bonds is 5. The van der Waals surface area contributed by atoms with Gasteiger partial charge < -0.3 is 0 Å². The van der Waals surface area contributed by atoms with Gasteiger partial charge in [0.05, 0.1) is 10.7 Å². The van der Waals surface area contributed by atoms with Gasteiger partial charge in [0.25, 0.3) is 5.69 Å². The van der Waals surface area contributed by atoms with Gasteiger partial charge in [-0.1, -0.05) is 12.1 Å². The number of benzene rings is 2. The van der Waals surface area contributed by atoms with Crippen LogP contribution in [0, 0.1) is 15.9 Å². The zero-order chi connectivity index (χ0) is 14.5. The van der Waals surface area contributed by atoms with Crippen molar-refractivity contribution in [1.82, 2.24) is 0 Å². The molecule has 2 aromatic rings. The quantitative estimate of drug-likeness (QED) is 0.364. The first kappa shape index (κ1) is 14.2. The Labute approximate surface area is 118 Å². The zero-order valence-electron chi connectivity index (χ0n) is 10.3. The van der Waals surface area contributed by atoms with E-state index < -0.39 is 4.92 Å². The number of carbonyl (C=O) groups excluding carboxylic acids is 1. The third-order valence-electron chi connectivity index (χ3n) is 2.60. The summed E-state index contributed by atoms with van der Waals surface area (Å²) in [4.78, 5) is 22.3. The molecule has 2 aromatic carbocycles. The van der Waals surface area contributed by atoms with E-state index in [0.717, 1.165) is 11.8 Å². The van der Waals surface area contributed by atoms with Crippen LogP contribution in [-0.2, 0) is 0 Å². The highest BCUT2D eigenvalue weighted by molar-refractivity contribution is 8.00. The highest BCUT2D eigenvalue weighted by atomic mass is 32.2. The van der Waals surface area contributed by atoms with Crippen molar-refractivity contribution in [2.24, 2.45) is 0 Å². The van der Waals surface area contributed by atoms with Crippen LogP contribution in [0.5, 0.6) is 0 Å². The van der Waals surface area contributed by atoms with Crippen LogP contribution >= 0.6 is 11.8 Å². The summed E-state index contributed by atoms with van der Waals surface area (Å²) in [6.45, 7) is 0. The number of non-ortho nitro benzene ring substituents is 1. The molecule has 0 aromatic heterocycles. The first-order valence-electron chi connectivity index (χ1n) is 5.73. The van der Waals surface area contributed by atoms with Gasteiger partial charge in [-0.15, -0.1) is 11.8 Å². The minimum atomic E-state index is -0.525. The maximum atomic E-state index is 13.4. The third-order valence-corrected chi connectivity index (χ3v) is 3.64. The molecule has 2 rings (SSSR count). The standard InChI is InChI=1S/C14H10FNO3S/c15-12-3-1-2-4-14(12)20-9-13(17)10-5-7-11(8-6-10)16(18)19/h1-8H,9H2. The molecule has 0 radical (unpaired) electrons. The normalized spacial score (nSPS) is 10.2. The van der Waals surface area contributed by atoms with Gasteiger partial charge in [0.2, 0.25) is 0 Å². The lowest BCUT2D eigenvalue weighted by Crippen LogP contribution is -2.02. The van der Waals surface area contributed by atoms with Crippen LogP contribution in [-0.4, -0.2) is 16.5 Å². The summed E-state index contributed by atoms with van der Waals surface area (Å²) in [5.74, 6) is -0.485. The summed E-state index contributed by atoms with van der Waals surface area (Å²) in [7, 11) is 0. The van der Waals surface area contributed by atoms with Crippen molar-refractivity contribution >= 4 is 23.2 Å². The fraction of sp³-hybridized carbons (Fsp3) is 0.0714. The molecule has 0 aliphatic heterocycles. The number of hydrogen-bond donors (Lipinski definition) is 0. The number of halogens is 1. The van der Waals surface area contributed by atoms with Crippen molar-refractivity contribution in [3.8, 4) is 0 Å². The molecule has 0 saturated carbocycles. The number of nitro benzene ring substituents is 1. The fourth-order valence-electron chi connectivity index (χ4n) is 1.56. The van der Waals surface area contributed by atoms with Gasteiger partial charge in [0, 0.05) is 22.6 Å². The fourth-order valence-corrected chi connectivity index (χ4v) is 2.39. The van der Waals surface area contributed by atoms with E-state index in [2.05, 4.69) is 0 Å². The molecular formula is C14H10FNO3S. The summed E-state index contributed by atoms with van der Waals surface area (Å²) >= 11 is 1.10. The van der Waals surface area contributed by atoms with Crippen LogP contribution in [0.4, 0.5) is 10.1 Å². The SMILES string of the molecule is O=C(CSc1ccccc1F)c1ccc([N+](=O)[O-])cc1. The van der Waals surface area contributed by atoms with E-state index >= 15 is 0 Å². The first-order chi connectivity index (χ1) is 9.58. The number of hydrogen-bond acceptors (Lipinski definition) is 4. The summed E-state index contributed by atoms with van der Waals surface area (Å²) in [6.07, 6.45) is 0. The van der Waals surface area contributed by atoms with Gasteiger partial charge in [-0.05, 0) is 24.3 Å². The van der Waals surface area contributed by atoms with Gasteiger partial charge in [-0.25, -0.2) is 4.39 Å². The summed E-state index contributed by atoms with van der Waals surface area (Å²) in [5.41, 5.74) is 0.308. The van der Waals surface area contributed by atoms with Crippen molar-refractivity contribution in [3.63, 3.8) is 0 Å². The van der Waals surface area contributed by atoms with Crippen molar-refractivity contribution < 1.29 is 14.1 Å². The van der Waals surface area contributed by atoms with E-state index in [1.54, 1.807) is 18.2 Å². The predicted octanol–water partition coefficient (Wildman–Crippen LogP) is 3.71. The molecule has 0 aliphatic rings. The average molecular weight is 291 g/mol. The lowest BCUT2D eigenvalue weighted by molar-refractivity contribution is -0.384. The van der Waals surface area contributed by atoms with Gasteiger partial charge in [0.1, 0.15) is 5.82 Å². The maximum Gasteiger partial charge on any atom is 0.269 e. The molecule has 0 saturated heterocycles. The second-order valence-corrected chi connectivity index (χ2v) is 4.96. The van der Waals surface area contributed by atoms with Crippen LogP contribution in [0.25, 0.3) is 0 Å². The van der Waals surface area contributed by atoms with Gasteiger partial charge in [0.15, 0.2) is 5.78 Å². The van der Waals surface area contributed by atoms with Crippen LogP contribution in [0.1, 0.15) is 10.4 Å². The Morgan fingerprint density at radius 3 is 2.40 bits per heavy atom. The van der Waals surface area contributed by atoms with Gasteiger partial charge in [-0.2, -0.15) is 0 Å². The topological polar surface area (TPSA) is 60.2 Å². The van der Waals surface area contributed by atoms with Crippen LogP contribution in [0.3, 0.4) is 0 Å². The molecule has 0 heterocycles. The molecule has 20 heavy (non-hydrogen) atoms. The van der Waals surface area contributed by atoms with Gasteiger partial charge in [-0.3, -0.25) is 14.9 Å². The molecule has 102 valence electrons. The van der Waals surface area contributed by atoms with Crippen LogP contribution in [0.2, 0.25) is 0 Å². The van der Waals surface area contributed by atoms with E-state index in [4.69, 9.17) is 0 Å². The number of nitrogens with zero attached hydrogens (tertiary/aromatic N) is 1. The highest BCUT2D eigenvalue weighted by Gasteiger charge is 2.11. The Bertz CT molecular complexity index is 643. The minimum Gasteiger partial charge on any atom is -0.293 e. The molecule has 0 bridgehead atoms. The highest BCUT2D eigenvalue weighted by Crippen LogP contribution is 2.22. The van der Waals surface area contributed by atoms with Crippen molar-refractivity contribution in [2.75, 3.05) is 5.75 Å². The number of ketones is 1. The average Bonchev–Trinajstić information content (AvgIpc) is 2.46. The van der Waals surface area contributed by atoms with E-state index in [-0.39, 0.29) is 23.0 Å². The smallest absolute Gasteiger partial charge is 0.269 e. The van der Waals surface area contributed by atoms with Crippen molar-refractivity contribution in [1.29, 1.82) is 0 Å². The lowest BCUT2D eigenvalue weighted by atomic mass is 10.1. The molecule has 0 unspecified atom stereocenters. The molecule has 0 spiro atoms. The van der Waals surface area contributed by atoms with Crippen molar-refractivity contribution in [2.45, 2.75) is 4.90 Å². The Morgan fingerprint density at radius 1 is 1.15 bits per heavy atom. The number of Topliss-reactive ketones (excluding diaryl/α,β-unsaturated/α-hetero) is 1. The second kappa shape index (κ2) is 6.29. The van der Waals surface area contributed by atoms with Gasteiger partial charge >= 0.3 is 0 Å². The third kappa shape index (κ3) is 3.42. The maximum absolute atomic E-state index is 13.4. The second-order valence-electron chi connectivity index (χ2n) is 3.95. The summed E-state index contributed by atoms with van der Waals surface area (Å²) in [6, 6.07) is 11.6. The van der Waals surface area contributed by atoms with E-state index in [0.29, 0.717) is 10.5 Å². The zero-order valence-corrected chi connectivity index (χ0v) is 11.1. The van der Waals surface area contributed by atoms with E-state index in [1.807, 2.05) is 0 Å². The van der Waals surface area contributed by atoms with E-state index in [1.165, 1.54) is 30.3 Å². The summed E-state index contributed by atoms with van der Waals surface area (Å²) in [5, 5.41) is 10.5. The molecule has 6 heteroatoms. The Hall–Kier alpha value is -2.21. The molecule has 0 fully saturated rings. The molecule has 0 amide bonds. The summed E-state index contributed by atoms with van der Waals surface area (Å²) < 4.78 is 13.4. The Kier molecular flexibility index (Phi) is 4.47. The molecular weight excluding hydrogens is 281 g/mol. The first-order valence-corrected chi connectivity index (χ1v) is 6.71. The van der Waals surface area contributed by atoms with Crippen LogP contribution in [0.15, 0.2) is 53.4 Å². The molecule has 0 atom stereocenters. The molecule has 4 nitrogen and oxygen atoms in total. The number of thioether (sulfide) groups is 1. The van der Waals surface area contributed by atoms with E-state index in [9.17, 15) is 19.3 Å². The monoisotopic (exact) mass is 291 g/mol. The Morgan fingerprint density at radius 2 is 1.80 bits per heavy atom. The van der Waals surface area contributed by atoms with Crippen LogP contribution < -0.4 is 0 Å². The predicted molar refractivity (Wildman–Crippen MR) is 74.6 cm³/mol. The molecule has 0 aliphatic carbocycles. The largest absolute Gasteiger partial charge is 0.293 e. The number of nitro groups is 1. The number of carbonyl (C=O) groups is 1. The Balaban J connectivity index is 2.02. The molecule has 0 N–H and O–H groups in total. The lowest BCUT2D eigenvalue weighted by Gasteiger charge is -2.02.